The van der Waals surface area contributed by atoms with Gasteiger partial charge in [-0.15, -0.1) is 13.2 Å². The molecule has 2 aromatic heterocycles. The number of benzene rings is 1. The molecule has 0 bridgehead atoms. The zero-order valence-corrected chi connectivity index (χ0v) is 17.5. The van der Waals surface area contributed by atoms with Gasteiger partial charge in [0.25, 0.3) is 5.91 Å². The zero-order chi connectivity index (χ0) is 24.3. The third kappa shape index (κ3) is 5.69. The molecular formula is C21H17BF3N5O3. The molecule has 0 spiro atoms. The zero-order valence-electron chi connectivity index (χ0n) is 17.5. The number of hydrogen-bond acceptors (Lipinski definition) is 7. The average molecular weight is 455 g/mol. The number of nitrogen functional groups attached to an aromatic ring is 1. The quantitative estimate of drug-likeness (QED) is 0.448. The molecule has 0 saturated heterocycles. The molecule has 12 heteroatoms. The number of halogens is 3. The second-order valence-electron chi connectivity index (χ2n) is 6.81. The van der Waals surface area contributed by atoms with E-state index in [9.17, 15) is 23.1 Å². The molecule has 0 aliphatic rings. The number of pyridine rings is 1. The Bertz CT molecular complexity index is 1270. The number of aliphatic hydroxyl groups excluding tert-OH is 1. The Morgan fingerprint density at radius 1 is 1.27 bits per heavy atom. The van der Waals surface area contributed by atoms with Crippen molar-refractivity contribution in [3.63, 3.8) is 0 Å². The molecule has 8 nitrogen and oxygen atoms in total. The molecule has 1 amide bonds. The molecule has 33 heavy (non-hydrogen) atoms. The molecule has 168 valence electrons. The highest BCUT2D eigenvalue weighted by Gasteiger charge is 2.32. The Hall–Kier alpha value is -3.85. The van der Waals surface area contributed by atoms with Crippen LogP contribution in [0.5, 0.6) is 5.75 Å². The fourth-order valence-corrected chi connectivity index (χ4v) is 2.80. The van der Waals surface area contributed by atoms with Crippen LogP contribution in [0.25, 0.3) is 22.3 Å². The van der Waals surface area contributed by atoms with Crippen LogP contribution in [0, 0.1) is 11.8 Å². The largest absolute Gasteiger partial charge is 0.573 e. The van der Waals surface area contributed by atoms with Gasteiger partial charge >= 0.3 is 6.36 Å². The van der Waals surface area contributed by atoms with Crippen molar-refractivity contribution in [1.29, 1.82) is 0 Å². The number of carbonyl (C=O) groups excluding carboxylic acids is 1. The van der Waals surface area contributed by atoms with Crippen LogP contribution in [-0.4, -0.2) is 64.8 Å². The smallest absolute Gasteiger partial charge is 0.405 e. The number of carbonyl (C=O) groups is 1. The van der Waals surface area contributed by atoms with Gasteiger partial charge in [0.15, 0.2) is 19.8 Å². The number of fused-ring (bicyclic) bond motifs is 1. The van der Waals surface area contributed by atoms with Crippen molar-refractivity contribution in [2.75, 3.05) is 19.3 Å². The second kappa shape index (κ2) is 9.34. The van der Waals surface area contributed by atoms with Crippen LogP contribution >= 0.6 is 0 Å². The van der Waals surface area contributed by atoms with Crippen LogP contribution < -0.4 is 16.2 Å². The molecule has 3 rings (SSSR count). The molecule has 3 aromatic rings. The van der Waals surface area contributed by atoms with Crippen LogP contribution in [0.2, 0.25) is 0 Å². The highest BCUT2D eigenvalue weighted by atomic mass is 19.4. The van der Waals surface area contributed by atoms with Crippen LogP contribution in [0.15, 0.2) is 30.3 Å². The lowest BCUT2D eigenvalue weighted by Crippen LogP contribution is -2.35. The van der Waals surface area contributed by atoms with E-state index in [1.165, 1.54) is 36.2 Å². The number of aliphatic hydroxyl groups is 1. The normalized spacial score (nSPS) is 12.1. The summed E-state index contributed by atoms with van der Waals surface area (Å²) in [5.74, 6) is 3.78. The first-order valence-corrected chi connectivity index (χ1v) is 9.53. The summed E-state index contributed by atoms with van der Waals surface area (Å²) < 4.78 is 43.0. The second-order valence-corrected chi connectivity index (χ2v) is 6.81. The molecule has 3 N–H and O–H groups in total. The summed E-state index contributed by atoms with van der Waals surface area (Å²) in [5, 5.41) is 9.96. The van der Waals surface area contributed by atoms with Gasteiger partial charge in [-0.05, 0) is 37.3 Å². The van der Waals surface area contributed by atoms with Crippen LogP contribution in [-0.2, 0) is 4.79 Å². The van der Waals surface area contributed by atoms with E-state index in [4.69, 9.17) is 13.6 Å². The van der Waals surface area contributed by atoms with Gasteiger partial charge in [-0.2, -0.15) is 0 Å². The number of amides is 1. The third-order valence-corrected chi connectivity index (χ3v) is 4.51. The molecule has 0 saturated carbocycles. The number of anilines is 1. The van der Waals surface area contributed by atoms with E-state index < -0.39 is 24.1 Å². The maximum Gasteiger partial charge on any atom is 0.573 e. The van der Waals surface area contributed by atoms with Gasteiger partial charge in [0.2, 0.25) is 0 Å². The third-order valence-electron chi connectivity index (χ3n) is 4.51. The minimum atomic E-state index is -4.96. The first-order valence-electron chi connectivity index (χ1n) is 9.53. The fraction of sp³-hybridized carbons (Fsp3) is 0.238. The number of aromatic nitrogens is 3. The highest BCUT2D eigenvalue weighted by Crippen LogP contribution is 2.34. The predicted molar refractivity (Wildman–Crippen MR) is 115 cm³/mol. The lowest BCUT2D eigenvalue weighted by Gasteiger charge is -2.15. The summed E-state index contributed by atoms with van der Waals surface area (Å²) in [6.07, 6.45) is -6.55. The number of rotatable bonds is 4. The molecule has 2 radical (unpaired) electrons. The molecule has 1 atom stereocenters. The molecule has 0 aliphatic heterocycles. The summed E-state index contributed by atoms with van der Waals surface area (Å²) in [6.45, 7) is 2.10. The van der Waals surface area contributed by atoms with Crippen molar-refractivity contribution in [3.05, 3.63) is 35.9 Å². The van der Waals surface area contributed by atoms with Crippen molar-refractivity contribution in [2.24, 2.45) is 0 Å². The van der Waals surface area contributed by atoms with Gasteiger partial charge in [-0.25, -0.2) is 15.0 Å². The Morgan fingerprint density at radius 2 is 2.00 bits per heavy atom. The topological polar surface area (TPSA) is 114 Å². The van der Waals surface area contributed by atoms with Gasteiger partial charge < -0.3 is 20.5 Å². The van der Waals surface area contributed by atoms with Crippen LogP contribution in [0.1, 0.15) is 12.5 Å². The van der Waals surface area contributed by atoms with Gasteiger partial charge in [0, 0.05) is 24.7 Å². The Kier molecular flexibility index (Phi) is 6.74. The highest BCUT2D eigenvalue weighted by molar-refractivity contribution is 6.29. The lowest BCUT2D eigenvalue weighted by molar-refractivity contribution is -0.274. The monoisotopic (exact) mass is 455 g/mol. The fourth-order valence-electron chi connectivity index (χ4n) is 2.80. The molecule has 1 aromatic carbocycles. The van der Waals surface area contributed by atoms with Crippen LogP contribution in [0.4, 0.5) is 19.0 Å². The maximum absolute atomic E-state index is 13.0. The molecule has 2 heterocycles. The standard InChI is InChI=1S/C21H17BF3N5O3/c1-3-30(2)19(32)15(31)8-4-11-5-9-16(33-21(23,24)25)12(10-11)13-6-7-14-17(27-13)18(26)29-20(22)28-14/h5-7,9-10,15,31H,3H2,1-2H3,(H2,26,28,29)/t15-/m1/s1. The van der Waals surface area contributed by atoms with E-state index in [2.05, 4.69) is 31.5 Å². The molecular weight excluding hydrogens is 438 g/mol. The summed E-state index contributed by atoms with van der Waals surface area (Å²) >= 11 is 0. The Morgan fingerprint density at radius 3 is 2.67 bits per heavy atom. The Labute approximate surface area is 188 Å². The van der Waals surface area contributed by atoms with E-state index in [0.29, 0.717) is 12.1 Å². The van der Waals surface area contributed by atoms with Crippen LogP contribution in [0.3, 0.4) is 0 Å². The first-order chi connectivity index (χ1) is 15.5. The maximum atomic E-state index is 13.0. The minimum Gasteiger partial charge on any atom is -0.405 e. The van der Waals surface area contributed by atoms with Crippen molar-refractivity contribution < 1.29 is 27.8 Å². The summed E-state index contributed by atoms with van der Waals surface area (Å²) in [6, 6.07) is 6.51. The SMILES string of the molecule is [B]c1nc(N)c2nc(-c3cc(C#C[C@@H](O)C(=O)N(C)CC)ccc3OC(F)(F)F)ccc2n1. The summed E-state index contributed by atoms with van der Waals surface area (Å²) in [5.41, 5.74) is 6.44. The predicted octanol–water partition coefficient (Wildman–Crippen LogP) is 1.16. The van der Waals surface area contributed by atoms with E-state index in [0.717, 1.165) is 6.07 Å². The number of ether oxygens (including phenoxy) is 1. The number of hydrogen-bond donors (Lipinski definition) is 2. The van der Waals surface area contributed by atoms with Crippen molar-refractivity contribution in [1.82, 2.24) is 19.9 Å². The Balaban J connectivity index is 2.08. The summed E-state index contributed by atoms with van der Waals surface area (Å²) in [7, 11) is 7.06. The van der Waals surface area contributed by atoms with Gasteiger partial charge in [0.05, 0.1) is 16.9 Å². The van der Waals surface area contributed by atoms with Crippen molar-refractivity contribution in [3.8, 4) is 28.8 Å². The minimum absolute atomic E-state index is 0.0461. The van der Waals surface area contributed by atoms with Gasteiger partial charge in [0.1, 0.15) is 11.3 Å². The van der Waals surface area contributed by atoms with Gasteiger partial charge in [-0.1, -0.05) is 11.8 Å². The van der Waals surface area contributed by atoms with Gasteiger partial charge in [-0.3, -0.25) is 4.79 Å². The average Bonchev–Trinajstić information content (AvgIpc) is 2.75. The molecule has 0 fully saturated rings. The number of alkyl halides is 3. The lowest BCUT2D eigenvalue weighted by atomic mass is 10.1. The molecule has 0 aliphatic carbocycles. The first kappa shape index (κ1) is 23.8. The number of likely N-dealkylation sites (N-methyl/N-ethyl adjacent to an activating group) is 1. The van der Waals surface area contributed by atoms with E-state index >= 15 is 0 Å². The van der Waals surface area contributed by atoms with Crippen molar-refractivity contribution >= 4 is 36.3 Å². The van der Waals surface area contributed by atoms with E-state index in [-0.39, 0.29) is 33.9 Å². The number of nitrogens with zero attached hydrogens (tertiary/aromatic N) is 4. The number of nitrogens with two attached hydrogens (primary N) is 1. The summed E-state index contributed by atoms with van der Waals surface area (Å²) in [4.78, 5) is 25.3. The van der Waals surface area contributed by atoms with Crippen molar-refractivity contribution in [2.45, 2.75) is 19.4 Å². The van der Waals surface area contributed by atoms with E-state index in [1.54, 1.807) is 6.92 Å². The molecule has 0 unspecified atom stereocenters. The van der Waals surface area contributed by atoms with E-state index in [1.807, 2.05) is 0 Å².